The first kappa shape index (κ1) is 21.2. The SMILES string of the molecule is CC/C=C/C(=O)OCC(=O)Nc1cccc(S(=O)(=O)N(C)c2ccccc2)c1. The fourth-order valence-electron chi connectivity index (χ4n) is 2.27. The molecule has 0 aromatic heterocycles. The first-order valence-electron chi connectivity index (χ1n) is 8.61. The number of amides is 1. The molecule has 0 radical (unpaired) electrons. The fourth-order valence-corrected chi connectivity index (χ4v) is 3.51. The van der Waals surface area contributed by atoms with E-state index in [1.165, 1.54) is 31.3 Å². The first-order chi connectivity index (χ1) is 13.3. The number of allylic oxidation sites excluding steroid dienone is 1. The molecule has 0 atom stereocenters. The van der Waals surface area contributed by atoms with Crippen molar-refractivity contribution in [3.8, 4) is 0 Å². The van der Waals surface area contributed by atoms with Crippen LogP contribution in [0.3, 0.4) is 0 Å². The molecule has 28 heavy (non-hydrogen) atoms. The summed E-state index contributed by atoms with van der Waals surface area (Å²) in [4.78, 5) is 23.3. The molecule has 148 valence electrons. The molecule has 0 spiro atoms. The zero-order chi connectivity index (χ0) is 20.6. The van der Waals surface area contributed by atoms with Gasteiger partial charge in [0.05, 0.1) is 10.6 Å². The van der Waals surface area contributed by atoms with Crippen LogP contribution in [0, 0.1) is 0 Å². The molecule has 7 nitrogen and oxygen atoms in total. The van der Waals surface area contributed by atoms with E-state index < -0.39 is 28.5 Å². The van der Waals surface area contributed by atoms with Crippen LogP contribution in [-0.4, -0.2) is 33.9 Å². The molecule has 2 rings (SSSR count). The van der Waals surface area contributed by atoms with Gasteiger partial charge in [-0.3, -0.25) is 9.10 Å². The van der Waals surface area contributed by atoms with E-state index >= 15 is 0 Å². The van der Waals surface area contributed by atoms with Gasteiger partial charge < -0.3 is 10.1 Å². The van der Waals surface area contributed by atoms with Crippen LogP contribution in [-0.2, 0) is 24.3 Å². The van der Waals surface area contributed by atoms with Gasteiger partial charge in [0.25, 0.3) is 15.9 Å². The Kier molecular flexibility index (Phi) is 7.34. The predicted octanol–water partition coefficient (Wildman–Crippen LogP) is 2.96. The van der Waals surface area contributed by atoms with Gasteiger partial charge in [0.1, 0.15) is 0 Å². The lowest BCUT2D eigenvalue weighted by atomic mass is 10.3. The van der Waals surface area contributed by atoms with Crippen LogP contribution in [0.2, 0.25) is 0 Å². The molecular formula is C20H22N2O5S. The fraction of sp³-hybridized carbons (Fsp3) is 0.200. The Hall–Kier alpha value is -3.13. The number of ether oxygens (including phenoxy) is 1. The largest absolute Gasteiger partial charge is 0.452 e. The average Bonchev–Trinajstić information content (AvgIpc) is 2.71. The summed E-state index contributed by atoms with van der Waals surface area (Å²) < 4.78 is 31.6. The number of hydrogen-bond donors (Lipinski definition) is 1. The van der Waals surface area contributed by atoms with Crippen LogP contribution >= 0.6 is 0 Å². The Morgan fingerprint density at radius 3 is 2.50 bits per heavy atom. The Morgan fingerprint density at radius 2 is 1.82 bits per heavy atom. The average molecular weight is 402 g/mol. The van der Waals surface area contributed by atoms with Gasteiger partial charge in [-0.05, 0) is 36.8 Å². The number of rotatable bonds is 8. The minimum atomic E-state index is -3.80. The first-order valence-corrected chi connectivity index (χ1v) is 10.1. The topological polar surface area (TPSA) is 92.8 Å². The number of para-hydroxylation sites is 1. The van der Waals surface area contributed by atoms with Gasteiger partial charge in [-0.25, -0.2) is 13.2 Å². The molecule has 1 N–H and O–H groups in total. The molecule has 0 aliphatic carbocycles. The van der Waals surface area contributed by atoms with Crippen molar-refractivity contribution in [2.45, 2.75) is 18.2 Å². The summed E-state index contributed by atoms with van der Waals surface area (Å²) in [5.74, 6) is -1.18. The Morgan fingerprint density at radius 1 is 1.11 bits per heavy atom. The number of esters is 1. The zero-order valence-corrected chi connectivity index (χ0v) is 16.5. The minimum Gasteiger partial charge on any atom is -0.452 e. The number of carbonyl (C=O) groups excluding carboxylic acids is 2. The van der Waals surface area contributed by atoms with E-state index in [0.29, 0.717) is 12.1 Å². The van der Waals surface area contributed by atoms with Crippen molar-refractivity contribution in [3.05, 3.63) is 66.7 Å². The molecule has 0 saturated heterocycles. The van der Waals surface area contributed by atoms with E-state index in [-0.39, 0.29) is 10.6 Å². The number of carbonyl (C=O) groups is 2. The zero-order valence-electron chi connectivity index (χ0n) is 15.7. The predicted molar refractivity (Wildman–Crippen MR) is 107 cm³/mol. The summed E-state index contributed by atoms with van der Waals surface area (Å²) in [6.45, 7) is 1.40. The van der Waals surface area contributed by atoms with E-state index in [0.717, 1.165) is 4.31 Å². The lowest BCUT2D eigenvalue weighted by Gasteiger charge is -2.19. The van der Waals surface area contributed by atoms with Gasteiger partial charge in [-0.1, -0.05) is 37.3 Å². The normalized spacial score (nSPS) is 11.2. The lowest BCUT2D eigenvalue weighted by molar-refractivity contribution is -0.142. The van der Waals surface area contributed by atoms with Crippen molar-refractivity contribution in [1.82, 2.24) is 0 Å². The second-order valence-electron chi connectivity index (χ2n) is 5.80. The van der Waals surface area contributed by atoms with Crippen LogP contribution in [0.1, 0.15) is 13.3 Å². The third-order valence-electron chi connectivity index (χ3n) is 3.73. The molecular weight excluding hydrogens is 380 g/mol. The third kappa shape index (κ3) is 5.68. The second-order valence-corrected chi connectivity index (χ2v) is 7.77. The minimum absolute atomic E-state index is 0.0273. The summed E-state index contributed by atoms with van der Waals surface area (Å²) in [7, 11) is -2.34. The summed E-state index contributed by atoms with van der Waals surface area (Å²) in [6.07, 6.45) is 3.55. The monoisotopic (exact) mass is 402 g/mol. The number of anilines is 2. The molecule has 1 amide bonds. The maximum Gasteiger partial charge on any atom is 0.330 e. The maximum atomic E-state index is 12.8. The van der Waals surface area contributed by atoms with E-state index in [9.17, 15) is 18.0 Å². The third-order valence-corrected chi connectivity index (χ3v) is 5.51. The van der Waals surface area contributed by atoms with Crippen molar-refractivity contribution in [1.29, 1.82) is 0 Å². The highest BCUT2D eigenvalue weighted by atomic mass is 32.2. The Balaban J connectivity index is 2.08. The number of hydrogen-bond acceptors (Lipinski definition) is 5. The van der Waals surface area contributed by atoms with E-state index in [2.05, 4.69) is 5.32 Å². The van der Waals surface area contributed by atoms with Crippen molar-refractivity contribution >= 4 is 33.3 Å². The maximum absolute atomic E-state index is 12.8. The smallest absolute Gasteiger partial charge is 0.330 e. The van der Waals surface area contributed by atoms with Crippen molar-refractivity contribution in [3.63, 3.8) is 0 Å². The quantitative estimate of drug-likeness (QED) is 0.541. The van der Waals surface area contributed by atoms with Gasteiger partial charge in [-0.2, -0.15) is 0 Å². The second kappa shape index (κ2) is 9.70. The van der Waals surface area contributed by atoms with Crippen molar-refractivity contribution in [2.24, 2.45) is 0 Å². The highest BCUT2D eigenvalue weighted by Gasteiger charge is 2.21. The Labute approximate surface area is 164 Å². The molecule has 0 aliphatic rings. The molecule has 8 heteroatoms. The Bertz CT molecular complexity index is 956. The summed E-state index contributed by atoms with van der Waals surface area (Å²) in [6, 6.07) is 14.5. The number of nitrogens with one attached hydrogen (secondary N) is 1. The molecule has 0 fully saturated rings. The standard InChI is InChI=1S/C20H22N2O5S/c1-3-4-13-20(24)27-15-19(23)21-16-9-8-12-18(14-16)28(25,26)22(2)17-10-6-5-7-11-17/h4-14H,3,15H2,1-2H3,(H,21,23)/b13-4+. The van der Waals surface area contributed by atoms with Crippen LogP contribution in [0.15, 0.2) is 71.6 Å². The van der Waals surface area contributed by atoms with Crippen LogP contribution in [0.5, 0.6) is 0 Å². The highest BCUT2D eigenvalue weighted by Crippen LogP contribution is 2.23. The van der Waals surface area contributed by atoms with E-state index in [1.807, 2.05) is 6.92 Å². The van der Waals surface area contributed by atoms with Gasteiger partial charge in [0, 0.05) is 18.8 Å². The van der Waals surface area contributed by atoms with E-state index in [4.69, 9.17) is 4.74 Å². The molecule has 0 heterocycles. The lowest BCUT2D eigenvalue weighted by Crippen LogP contribution is -2.26. The van der Waals surface area contributed by atoms with Gasteiger partial charge in [0.15, 0.2) is 6.61 Å². The summed E-state index contributed by atoms with van der Waals surface area (Å²) >= 11 is 0. The van der Waals surface area contributed by atoms with Crippen LogP contribution in [0.25, 0.3) is 0 Å². The van der Waals surface area contributed by atoms with E-state index in [1.54, 1.807) is 42.5 Å². The molecule has 0 aliphatic heterocycles. The molecule has 0 unspecified atom stereocenters. The number of sulfonamides is 1. The van der Waals surface area contributed by atoms with Crippen LogP contribution < -0.4 is 9.62 Å². The van der Waals surface area contributed by atoms with Gasteiger partial charge in [0.2, 0.25) is 0 Å². The highest BCUT2D eigenvalue weighted by molar-refractivity contribution is 7.92. The van der Waals surface area contributed by atoms with Crippen LogP contribution in [0.4, 0.5) is 11.4 Å². The molecule has 0 bridgehead atoms. The van der Waals surface area contributed by atoms with Crippen molar-refractivity contribution in [2.75, 3.05) is 23.3 Å². The summed E-state index contributed by atoms with van der Waals surface area (Å²) in [5.41, 5.74) is 0.802. The van der Waals surface area contributed by atoms with Gasteiger partial charge >= 0.3 is 5.97 Å². The number of nitrogens with zero attached hydrogens (tertiary/aromatic N) is 1. The van der Waals surface area contributed by atoms with Crippen molar-refractivity contribution < 1.29 is 22.7 Å². The summed E-state index contributed by atoms with van der Waals surface area (Å²) in [5, 5.41) is 2.52. The molecule has 2 aromatic carbocycles. The number of benzene rings is 2. The molecule has 2 aromatic rings. The van der Waals surface area contributed by atoms with Gasteiger partial charge in [-0.15, -0.1) is 0 Å². The molecule has 0 saturated carbocycles.